The smallest absolute Gasteiger partial charge is 0.324 e. The van der Waals surface area contributed by atoms with Gasteiger partial charge in [-0.25, -0.2) is 8.42 Å². The molecule has 11 heavy (non-hydrogen) atoms. The minimum absolute atomic E-state index is 0.0185. The zero-order valence-electron chi connectivity index (χ0n) is 5.78. The number of hydrogen-bond donors (Lipinski definition) is 2. The molecule has 1 heterocycles. The molecule has 0 bridgehead atoms. The van der Waals surface area contributed by atoms with Crippen molar-refractivity contribution in [2.75, 3.05) is 11.5 Å². The highest BCUT2D eigenvalue weighted by Crippen LogP contribution is 2.20. The molecule has 0 amide bonds. The van der Waals surface area contributed by atoms with E-state index in [2.05, 4.69) is 0 Å². The van der Waals surface area contributed by atoms with Crippen LogP contribution in [0, 0.1) is 0 Å². The van der Waals surface area contributed by atoms with Crippen molar-refractivity contribution < 1.29 is 18.3 Å². The van der Waals surface area contributed by atoms with Gasteiger partial charge in [0.25, 0.3) is 0 Å². The molecule has 3 N–H and O–H groups in total. The Morgan fingerprint density at radius 3 is 2.27 bits per heavy atom. The third-order valence-electron chi connectivity index (χ3n) is 1.76. The van der Waals surface area contributed by atoms with Crippen LogP contribution in [0.1, 0.15) is 6.42 Å². The molecule has 5 nitrogen and oxygen atoms in total. The Balaban J connectivity index is 2.90. The monoisotopic (exact) mass is 179 g/mol. The van der Waals surface area contributed by atoms with E-state index in [-0.39, 0.29) is 12.2 Å². The first-order valence-electron chi connectivity index (χ1n) is 3.08. The molecule has 0 radical (unpaired) electrons. The molecular formula is C5H9NO4S. The molecule has 0 aromatic carbocycles. The topological polar surface area (TPSA) is 97.5 Å². The van der Waals surface area contributed by atoms with E-state index in [9.17, 15) is 13.2 Å². The Kier molecular flexibility index (Phi) is 1.68. The molecule has 0 unspecified atom stereocenters. The number of nitrogens with two attached hydrogens (primary N) is 1. The summed E-state index contributed by atoms with van der Waals surface area (Å²) in [5, 5.41) is 8.52. The summed E-state index contributed by atoms with van der Waals surface area (Å²) in [4.78, 5) is 10.4. The van der Waals surface area contributed by atoms with Crippen LogP contribution in [0.25, 0.3) is 0 Å². The SMILES string of the molecule is N[C@@]1(C(=O)O)CCS(=O)(=O)C1. The zero-order chi connectivity index (χ0) is 8.70. The van der Waals surface area contributed by atoms with Crippen molar-refractivity contribution in [3.8, 4) is 0 Å². The van der Waals surface area contributed by atoms with Gasteiger partial charge in [0.1, 0.15) is 5.54 Å². The van der Waals surface area contributed by atoms with Crippen molar-refractivity contribution in [1.82, 2.24) is 0 Å². The van der Waals surface area contributed by atoms with Crippen molar-refractivity contribution >= 4 is 15.8 Å². The average Bonchev–Trinajstić information content (AvgIpc) is 2.08. The van der Waals surface area contributed by atoms with Gasteiger partial charge in [-0.15, -0.1) is 0 Å². The van der Waals surface area contributed by atoms with E-state index in [1.165, 1.54) is 0 Å². The molecule has 6 heteroatoms. The molecule has 1 aliphatic heterocycles. The quantitative estimate of drug-likeness (QED) is 0.515. The fraction of sp³-hybridized carbons (Fsp3) is 0.800. The molecule has 1 rings (SSSR count). The first kappa shape index (κ1) is 8.48. The lowest BCUT2D eigenvalue weighted by atomic mass is 10.0. The van der Waals surface area contributed by atoms with Crippen molar-refractivity contribution in [3.05, 3.63) is 0 Å². The number of carboxylic acids is 1. The van der Waals surface area contributed by atoms with Gasteiger partial charge in [-0.05, 0) is 6.42 Å². The second-order valence-electron chi connectivity index (χ2n) is 2.80. The number of aliphatic carboxylic acids is 1. The minimum atomic E-state index is -3.20. The van der Waals surface area contributed by atoms with Crippen LogP contribution in [0.5, 0.6) is 0 Å². The van der Waals surface area contributed by atoms with E-state index in [4.69, 9.17) is 10.8 Å². The summed E-state index contributed by atoms with van der Waals surface area (Å²) in [7, 11) is -3.20. The Hall–Kier alpha value is -0.620. The van der Waals surface area contributed by atoms with Gasteiger partial charge in [0, 0.05) is 0 Å². The van der Waals surface area contributed by atoms with E-state index in [1.807, 2.05) is 0 Å². The minimum Gasteiger partial charge on any atom is -0.480 e. The van der Waals surface area contributed by atoms with Gasteiger partial charge in [0.15, 0.2) is 9.84 Å². The molecule has 0 aromatic rings. The van der Waals surface area contributed by atoms with Gasteiger partial charge in [-0.3, -0.25) is 4.79 Å². The van der Waals surface area contributed by atoms with Crippen LogP contribution < -0.4 is 5.73 Å². The molecule has 1 saturated heterocycles. The lowest BCUT2D eigenvalue weighted by molar-refractivity contribution is -0.142. The summed E-state index contributed by atoms with van der Waals surface area (Å²) >= 11 is 0. The maximum atomic E-state index is 10.8. The predicted octanol–water partition coefficient (Wildman–Crippen LogP) is -1.41. The number of carboxylic acid groups (broad SMARTS) is 1. The van der Waals surface area contributed by atoms with E-state index in [1.54, 1.807) is 0 Å². The average molecular weight is 179 g/mol. The van der Waals surface area contributed by atoms with Crippen LogP contribution >= 0.6 is 0 Å². The van der Waals surface area contributed by atoms with Gasteiger partial charge in [-0.2, -0.15) is 0 Å². The number of rotatable bonds is 1. The van der Waals surface area contributed by atoms with Crippen LogP contribution in [0.4, 0.5) is 0 Å². The van der Waals surface area contributed by atoms with E-state index >= 15 is 0 Å². The fourth-order valence-corrected chi connectivity index (χ4v) is 2.92. The Labute approximate surface area is 64.1 Å². The van der Waals surface area contributed by atoms with Crippen molar-refractivity contribution in [1.29, 1.82) is 0 Å². The highest BCUT2D eigenvalue weighted by Gasteiger charge is 2.45. The van der Waals surface area contributed by atoms with E-state index < -0.39 is 27.1 Å². The normalized spacial score (nSPS) is 35.4. The maximum Gasteiger partial charge on any atom is 0.324 e. The molecule has 0 spiro atoms. The first-order chi connectivity index (χ1) is 4.86. The largest absolute Gasteiger partial charge is 0.480 e. The second kappa shape index (κ2) is 2.18. The van der Waals surface area contributed by atoms with Gasteiger partial charge in [-0.1, -0.05) is 0 Å². The third kappa shape index (κ3) is 1.51. The summed E-state index contributed by atoms with van der Waals surface area (Å²) in [6.07, 6.45) is 0.0185. The van der Waals surface area contributed by atoms with E-state index in [0.29, 0.717) is 0 Å². The Bertz CT molecular complexity index is 283. The molecule has 1 aliphatic rings. The Morgan fingerprint density at radius 1 is 1.55 bits per heavy atom. The van der Waals surface area contributed by atoms with Crippen LogP contribution in [-0.2, 0) is 14.6 Å². The lowest BCUT2D eigenvalue weighted by Gasteiger charge is -2.14. The molecule has 1 atom stereocenters. The molecule has 0 saturated carbocycles. The van der Waals surface area contributed by atoms with Gasteiger partial charge >= 0.3 is 5.97 Å². The first-order valence-corrected chi connectivity index (χ1v) is 4.91. The molecule has 64 valence electrons. The molecular weight excluding hydrogens is 170 g/mol. The highest BCUT2D eigenvalue weighted by atomic mass is 32.2. The summed E-state index contributed by atoms with van der Waals surface area (Å²) < 4.78 is 21.6. The number of hydrogen-bond acceptors (Lipinski definition) is 4. The predicted molar refractivity (Wildman–Crippen MR) is 37.8 cm³/mol. The van der Waals surface area contributed by atoms with Crippen molar-refractivity contribution in [2.45, 2.75) is 12.0 Å². The molecule has 0 aliphatic carbocycles. The second-order valence-corrected chi connectivity index (χ2v) is 4.99. The third-order valence-corrected chi connectivity index (χ3v) is 3.54. The highest BCUT2D eigenvalue weighted by molar-refractivity contribution is 7.91. The lowest BCUT2D eigenvalue weighted by Crippen LogP contribution is -2.48. The van der Waals surface area contributed by atoms with Crippen LogP contribution in [0.2, 0.25) is 0 Å². The number of carbonyl (C=O) groups is 1. The van der Waals surface area contributed by atoms with Crippen molar-refractivity contribution in [2.24, 2.45) is 5.73 Å². The summed E-state index contributed by atoms with van der Waals surface area (Å²) in [6, 6.07) is 0. The van der Waals surface area contributed by atoms with Crippen LogP contribution in [-0.4, -0.2) is 36.5 Å². The van der Waals surface area contributed by atoms with E-state index in [0.717, 1.165) is 0 Å². The fourth-order valence-electron chi connectivity index (χ4n) is 1.04. The van der Waals surface area contributed by atoms with Crippen LogP contribution in [0.15, 0.2) is 0 Å². The van der Waals surface area contributed by atoms with Gasteiger partial charge in [0.05, 0.1) is 11.5 Å². The van der Waals surface area contributed by atoms with Gasteiger partial charge in [0.2, 0.25) is 0 Å². The van der Waals surface area contributed by atoms with Gasteiger partial charge < -0.3 is 10.8 Å². The standard InChI is InChI=1S/C5H9NO4S/c6-5(4(7)8)1-2-11(9,10)3-5/h1-3,6H2,(H,7,8)/t5-/m0/s1. The summed E-state index contributed by atoms with van der Waals surface area (Å²) in [6.45, 7) is 0. The zero-order valence-corrected chi connectivity index (χ0v) is 6.60. The number of sulfone groups is 1. The van der Waals surface area contributed by atoms with Crippen molar-refractivity contribution in [3.63, 3.8) is 0 Å². The Morgan fingerprint density at radius 2 is 2.09 bits per heavy atom. The molecule has 0 aromatic heterocycles. The molecule has 1 fully saturated rings. The van der Waals surface area contributed by atoms with Crippen LogP contribution in [0.3, 0.4) is 0 Å². The summed E-state index contributed by atoms with van der Waals surface area (Å²) in [5.74, 6) is -1.79. The summed E-state index contributed by atoms with van der Waals surface area (Å²) in [5.41, 5.74) is 3.76. The maximum absolute atomic E-state index is 10.8.